The predicted octanol–water partition coefficient (Wildman–Crippen LogP) is 3.90. The number of likely N-dealkylation sites (tertiary alicyclic amines) is 1. The summed E-state index contributed by atoms with van der Waals surface area (Å²) >= 11 is 12.0. The Morgan fingerprint density at radius 3 is 2.77 bits per heavy atom. The zero-order valence-electron chi connectivity index (χ0n) is 16.5. The van der Waals surface area contributed by atoms with Crippen molar-refractivity contribution in [1.29, 1.82) is 0 Å². The topological polar surface area (TPSA) is 79.2 Å². The molecule has 162 valence electrons. The van der Waals surface area contributed by atoms with Crippen LogP contribution in [0.2, 0.25) is 10.0 Å². The molecule has 1 fully saturated rings. The van der Waals surface area contributed by atoms with E-state index in [0.29, 0.717) is 41.1 Å². The summed E-state index contributed by atoms with van der Waals surface area (Å²) in [5.74, 6) is 0.440. The van der Waals surface area contributed by atoms with Crippen LogP contribution < -0.4 is 9.47 Å². The maximum Gasteiger partial charge on any atom is 0.303 e. The van der Waals surface area contributed by atoms with E-state index >= 15 is 0 Å². The molecular weight excluding hydrogens is 429 g/mol. The minimum atomic E-state index is -0.850. The predicted molar refractivity (Wildman–Crippen MR) is 116 cm³/mol. The van der Waals surface area contributed by atoms with Crippen molar-refractivity contribution in [2.45, 2.75) is 31.5 Å². The molecule has 2 atom stereocenters. The molecule has 1 aliphatic heterocycles. The number of ether oxygens (including phenoxy) is 2. The molecule has 0 bridgehead atoms. The normalized spacial score (nSPS) is 17.6. The largest absolute Gasteiger partial charge is 0.491 e. The minimum absolute atomic E-state index is 0.0205. The summed E-state index contributed by atoms with van der Waals surface area (Å²) < 4.78 is 11.7. The van der Waals surface area contributed by atoms with Gasteiger partial charge in [0.05, 0.1) is 10.0 Å². The van der Waals surface area contributed by atoms with Crippen LogP contribution >= 0.6 is 23.2 Å². The zero-order valence-corrected chi connectivity index (χ0v) is 18.0. The van der Waals surface area contributed by atoms with Crippen molar-refractivity contribution in [3.05, 3.63) is 58.1 Å². The molecule has 8 heteroatoms. The van der Waals surface area contributed by atoms with Gasteiger partial charge in [-0.25, -0.2) is 0 Å². The van der Waals surface area contributed by atoms with Gasteiger partial charge in [0.1, 0.15) is 30.3 Å². The van der Waals surface area contributed by atoms with Gasteiger partial charge in [-0.1, -0.05) is 41.4 Å². The summed E-state index contributed by atoms with van der Waals surface area (Å²) in [4.78, 5) is 12.9. The van der Waals surface area contributed by atoms with Crippen molar-refractivity contribution in [3.63, 3.8) is 0 Å². The van der Waals surface area contributed by atoms with E-state index in [9.17, 15) is 9.90 Å². The van der Waals surface area contributed by atoms with Gasteiger partial charge >= 0.3 is 5.97 Å². The standard InChI is InChI=1S/C22H25Cl2NO5/c23-19-7-6-17(11-20(19)24)30-18-9-10-25(13-18)12-16(26)14-29-21-4-2-1-3-15(21)5-8-22(27)28/h1-4,6-7,11,16,18,26H,5,8-10,12-14H2,(H,27,28). The van der Waals surface area contributed by atoms with Gasteiger partial charge in [0.15, 0.2) is 0 Å². The van der Waals surface area contributed by atoms with E-state index in [-0.39, 0.29) is 19.1 Å². The average Bonchev–Trinajstić information content (AvgIpc) is 3.14. The molecule has 1 heterocycles. The number of aliphatic carboxylic acids is 1. The summed E-state index contributed by atoms with van der Waals surface area (Å²) in [5.41, 5.74) is 0.823. The summed E-state index contributed by atoms with van der Waals surface area (Å²) in [6.45, 7) is 2.13. The number of hydrogen-bond acceptors (Lipinski definition) is 5. The number of aliphatic hydroxyl groups is 1. The van der Waals surface area contributed by atoms with Gasteiger partial charge < -0.3 is 19.7 Å². The van der Waals surface area contributed by atoms with E-state index in [4.69, 9.17) is 37.8 Å². The quantitative estimate of drug-likeness (QED) is 0.567. The van der Waals surface area contributed by atoms with Crippen molar-refractivity contribution in [1.82, 2.24) is 4.90 Å². The molecule has 0 amide bonds. The fraction of sp³-hybridized carbons (Fsp3) is 0.409. The lowest BCUT2D eigenvalue weighted by atomic mass is 10.1. The molecule has 6 nitrogen and oxygen atoms in total. The van der Waals surface area contributed by atoms with Crippen LogP contribution in [0.15, 0.2) is 42.5 Å². The summed E-state index contributed by atoms with van der Waals surface area (Å²) in [6.07, 6.45) is 0.637. The van der Waals surface area contributed by atoms with Crippen LogP contribution in [0.25, 0.3) is 0 Å². The second kappa shape index (κ2) is 10.9. The molecule has 0 radical (unpaired) electrons. The lowest BCUT2D eigenvalue weighted by Crippen LogP contribution is -2.35. The first-order chi connectivity index (χ1) is 14.4. The van der Waals surface area contributed by atoms with Crippen molar-refractivity contribution in [3.8, 4) is 11.5 Å². The third kappa shape index (κ3) is 6.77. The number of carbonyl (C=O) groups is 1. The Bertz CT molecular complexity index is 863. The highest BCUT2D eigenvalue weighted by Crippen LogP contribution is 2.28. The van der Waals surface area contributed by atoms with Crippen molar-refractivity contribution in [2.24, 2.45) is 0 Å². The van der Waals surface area contributed by atoms with Crippen LogP contribution in [0.4, 0.5) is 0 Å². The van der Waals surface area contributed by atoms with E-state index in [1.54, 1.807) is 24.3 Å². The van der Waals surface area contributed by atoms with E-state index in [2.05, 4.69) is 4.90 Å². The SMILES string of the molecule is O=C(O)CCc1ccccc1OCC(O)CN1CCC(Oc2ccc(Cl)c(Cl)c2)C1. The highest BCUT2D eigenvalue weighted by Gasteiger charge is 2.26. The number of carboxylic acids is 1. The van der Waals surface area contributed by atoms with Gasteiger partial charge in [0.2, 0.25) is 0 Å². The molecule has 3 rings (SSSR count). The molecule has 0 spiro atoms. The van der Waals surface area contributed by atoms with Gasteiger partial charge in [-0.2, -0.15) is 0 Å². The number of benzene rings is 2. The molecule has 2 unspecified atom stereocenters. The van der Waals surface area contributed by atoms with Crippen LogP contribution in [0, 0.1) is 0 Å². The number of rotatable bonds is 10. The minimum Gasteiger partial charge on any atom is -0.491 e. The second-order valence-corrected chi connectivity index (χ2v) is 8.14. The molecular formula is C22H25Cl2NO5. The van der Waals surface area contributed by atoms with Crippen LogP contribution in [0.3, 0.4) is 0 Å². The van der Waals surface area contributed by atoms with E-state index in [1.165, 1.54) is 0 Å². The lowest BCUT2D eigenvalue weighted by Gasteiger charge is -2.21. The number of halogens is 2. The fourth-order valence-corrected chi connectivity index (χ4v) is 3.72. The highest BCUT2D eigenvalue weighted by molar-refractivity contribution is 6.42. The Morgan fingerprint density at radius 2 is 2.00 bits per heavy atom. The molecule has 1 saturated heterocycles. The third-order valence-electron chi connectivity index (χ3n) is 4.90. The molecule has 2 N–H and O–H groups in total. The number of carboxylic acid groups (broad SMARTS) is 1. The number of hydrogen-bond donors (Lipinski definition) is 2. The summed E-state index contributed by atoms with van der Waals surface area (Å²) in [7, 11) is 0. The molecule has 1 aliphatic rings. The first-order valence-electron chi connectivity index (χ1n) is 9.85. The van der Waals surface area contributed by atoms with Gasteiger partial charge in [-0.05, 0) is 36.6 Å². The maximum absolute atomic E-state index is 10.8. The molecule has 0 aromatic heterocycles. The Morgan fingerprint density at radius 1 is 1.20 bits per heavy atom. The van der Waals surface area contributed by atoms with Crippen molar-refractivity contribution in [2.75, 3.05) is 26.2 Å². The second-order valence-electron chi connectivity index (χ2n) is 7.33. The van der Waals surface area contributed by atoms with E-state index in [0.717, 1.165) is 18.5 Å². The van der Waals surface area contributed by atoms with E-state index < -0.39 is 12.1 Å². The fourth-order valence-electron chi connectivity index (χ4n) is 3.43. The smallest absolute Gasteiger partial charge is 0.303 e. The Balaban J connectivity index is 1.44. The van der Waals surface area contributed by atoms with Crippen LogP contribution in [-0.4, -0.2) is 59.5 Å². The first-order valence-corrected chi connectivity index (χ1v) is 10.6. The number of aliphatic hydroxyl groups excluding tert-OH is 1. The number of nitrogens with zero attached hydrogens (tertiary/aromatic N) is 1. The van der Waals surface area contributed by atoms with Crippen LogP contribution in [0.1, 0.15) is 18.4 Å². The Kier molecular flexibility index (Phi) is 8.22. The zero-order chi connectivity index (χ0) is 21.5. The van der Waals surface area contributed by atoms with Gasteiger partial charge in [-0.15, -0.1) is 0 Å². The van der Waals surface area contributed by atoms with Crippen LogP contribution in [-0.2, 0) is 11.2 Å². The number of aryl methyl sites for hydroxylation is 1. The average molecular weight is 454 g/mol. The van der Waals surface area contributed by atoms with Gasteiger partial charge in [-0.3, -0.25) is 9.69 Å². The molecule has 2 aromatic carbocycles. The van der Waals surface area contributed by atoms with Crippen LogP contribution in [0.5, 0.6) is 11.5 Å². The van der Waals surface area contributed by atoms with Crippen molar-refractivity contribution < 1.29 is 24.5 Å². The number of para-hydroxylation sites is 1. The monoisotopic (exact) mass is 453 g/mol. The Labute approximate surface area is 185 Å². The number of β-amino-alcohol motifs (C(OH)–C–C–N with tert-alkyl or cyclic N) is 1. The van der Waals surface area contributed by atoms with Crippen molar-refractivity contribution >= 4 is 29.2 Å². The van der Waals surface area contributed by atoms with Gasteiger partial charge in [0, 0.05) is 32.1 Å². The molecule has 2 aromatic rings. The summed E-state index contributed by atoms with van der Waals surface area (Å²) in [6, 6.07) is 12.5. The molecule has 30 heavy (non-hydrogen) atoms. The Hall–Kier alpha value is -1.99. The molecule has 0 aliphatic carbocycles. The summed E-state index contributed by atoms with van der Waals surface area (Å²) in [5, 5.41) is 20.2. The maximum atomic E-state index is 10.8. The molecule has 0 saturated carbocycles. The third-order valence-corrected chi connectivity index (χ3v) is 5.64. The lowest BCUT2D eigenvalue weighted by molar-refractivity contribution is -0.136. The highest BCUT2D eigenvalue weighted by atomic mass is 35.5. The van der Waals surface area contributed by atoms with Gasteiger partial charge in [0.25, 0.3) is 0 Å². The van der Waals surface area contributed by atoms with E-state index in [1.807, 2.05) is 18.2 Å². The first kappa shape index (κ1) is 22.7.